The molecule has 1 heterocycles. The largest absolute Gasteiger partial charge is 0.490 e. The van der Waals surface area contributed by atoms with E-state index in [-0.39, 0.29) is 5.56 Å². The van der Waals surface area contributed by atoms with Crippen LogP contribution in [0.1, 0.15) is 23.7 Å². The highest BCUT2D eigenvalue weighted by Crippen LogP contribution is 2.35. The van der Waals surface area contributed by atoms with Crippen molar-refractivity contribution in [3.8, 4) is 17.2 Å². The van der Waals surface area contributed by atoms with Crippen molar-refractivity contribution in [2.45, 2.75) is 20.5 Å². The molecule has 6 nitrogen and oxygen atoms in total. The molecule has 35 heavy (non-hydrogen) atoms. The molecule has 180 valence electrons. The average Bonchev–Trinajstić information content (AvgIpc) is 3.06. The van der Waals surface area contributed by atoms with E-state index in [2.05, 4.69) is 27.6 Å². The molecular weight excluding hydrogens is 577 g/mol. The Morgan fingerprint density at radius 3 is 2.49 bits per heavy atom. The Bertz CT molecular complexity index is 1430. The van der Waals surface area contributed by atoms with Crippen LogP contribution in [0.3, 0.4) is 0 Å². The Labute approximate surface area is 222 Å². The van der Waals surface area contributed by atoms with Crippen LogP contribution >= 0.6 is 34.2 Å². The van der Waals surface area contributed by atoms with Crippen LogP contribution in [0.5, 0.6) is 11.5 Å². The molecule has 0 atom stereocenters. The second-order valence-electron chi connectivity index (χ2n) is 7.81. The molecular formula is C27H25ClIN3O3. The third-order valence-corrected chi connectivity index (χ3v) is 6.70. The molecule has 0 spiro atoms. The summed E-state index contributed by atoms with van der Waals surface area (Å²) in [4.78, 5) is 17.7. The van der Waals surface area contributed by atoms with Crippen molar-refractivity contribution < 1.29 is 9.47 Å². The van der Waals surface area contributed by atoms with Gasteiger partial charge in [-0.3, -0.25) is 9.48 Å². The number of benzene rings is 3. The van der Waals surface area contributed by atoms with E-state index in [0.29, 0.717) is 35.4 Å². The maximum atomic E-state index is 13.1. The zero-order valence-electron chi connectivity index (χ0n) is 19.7. The van der Waals surface area contributed by atoms with Gasteiger partial charge in [-0.15, -0.1) is 0 Å². The van der Waals surface area contributed by atoms with E-state index in [1.54, 1.807) is 10.9 Å². The molecule has 0 fully saturated rings. The number of aliphatic imine (C=N–C) groups is 1. The summed E-state index contributed by atoms with van der Waals surface area (Å²) < 4.78 is 16.3. The fourth-order valence-corrected chi connectivity index (χ4v) is 4.64. The van der Waals surface area contributed by atoms with Gasteiger partial charge < -0.3 is 9.47 Å². The van der Waals surface area contributed by atoms with Gasteiger partial charge in [0.05, 0.1) is 21.6 Å². The third kappa shape index (κ3) is 5.46. The number of ether oxygens (including phenoxy) is 2. The fraction of sp³-hybridized carbons (Fsp3) is 0.185. The van der Waals surface area contributed by atoms with Crippen molar-refractivity contribution in [3.63, 3.8) is 0 Å². The number of nitrogens with zero attached hydrogens (tertiary/aromatic N) is 3. The molecule has 0 amide bonds. The zero-order chi connectivity index (χ0) is 24.9. The molecule has 0 saturated carbocycles. The monoisotopic (exact) mass is 601 g/mol. The summed E-state index contributed by atoms with van der Waals surface area (Å²) in [7, 11) is 1.85. The minimum absolute atomic E-state index is 0.174. The highest BCUT2D eigenvalue weighted by molar-refractivity contribution is 14.1. The van der Waals surface area contributed by atoms with Gasteiger partial charge in [-0.25, -0.2) is 9.67 Å². The van der Waals surface area contributed by atoms with Gasteiger partial charge in [0.1, 0.15) is 6.61 Å². The SMILES string of the molecule is CCOc1cc(C=Nc2c(C)n(C)n(-c3ccccc3)c2=O)cc(I)c1OCc1ccccc1Cl. The minimum Gasteiger partial charge on any atom is -0.490 e. The minimum atomic E-state index is -0.174. The van der Waals surface area contributed by atoms with E-state index in [9.17, 15) is 4.79 Å². The standard InChI is InChI=1S/C27H25ClIN3O3/c1-4-34-24-15-19(14-23(29)26(24)35-17-20-10-8-9-13-22(20)28)16-30-25-18(2)31(3)32(27(25)33)21-11-6-5-7-12-21/h5-16H,4,17H2,1-3H3. The van der Waals surface area contributed by atoms with E-state index >= 15 is 0 Å². The normalized spacial score (nSPS) is 11.2. The molecule has 4 aromatic rings. The molecule has 1 aromatic heterocycles. The molecule has 0 N–H and O–H groups in total. The van der Waals surface area contributed by atoms with Crippen LogP contribution in [0.4, 0.5) is 5.69 Å². The summed E-state index contributed by atoms with van der Waals surface area (Å²) >= 11 is 8.49. The number of para-hydroxylation sites is 1. The second kappa shape index (κ2) is 11.1. The van der Waals surface area contributed by atoms with Crippen molar-refractivity contribution in [3.05, 3.63) is 102 Å². The Morgan fingerprint density at radius 1 is 1.06 bits per heavy atom. The summed E-state index contributed by atoms with van der Waals surface area (Å²) in [5.74, 6) is 1.26. The van der Waals surface area contributed by atoms with Gasteiger partial charge in [-0.05, 0) is 72.3 Å². The number of hydrogen-bond acceptors (Lipinski definition) is 4. The van der Waals surface area contributed by atoms with Gasteiger partial charge in [-0.1, -0.05) is 48.0 Å². The van der Waals surface area contributed by atoms with Crippen molar-refractivity contribution >= 4 is 46.1 Å². The van der Waals surface area contributed by atoms with Crippen molar-refractivity contribution in [1.29, 1.82) is 0 Å². The van der Waals surface area contributed by atoms with Crippen LogP contribution in [-0.4, -0.2) is 22.2 Å². The molecule has 0 unspecified atom stereocenters. The van der Waals surface area contributed by atoms with Crippen LogP contribution in [0, 0.1) is 10.5 Å². The number of halogens is 2. The molecule has 0 bridgehead atoms. The molecule has 0 aliphatic heterocycles. The van der Waals surface area contributed by atoms with Gasteiger partial charge in [0.2, 0.25) is 0 Å². The predicted molar refractivity (Wildman–Crippen MR) is 149 cm³/mol. The van der Waals surface area contributed by atoms with E-state index in [1.165, 1.54) is 0 Å². The molecule has 8 heteroatoms. The number of rotatable bonds is 8. The smallest absolute Gasteiger partial charge is 0.297 e. The van der Waals surface area contributed by atoms with Gasteiger partial charge in [-0.2, -0.15) is 0 Å². The Hall–Kier alpha value is -3.04. The Balaban J connectivity index is 1.64. The summed E-state index contributed by atoms with van der Waals surface area (Å²) in [5.41, 5.74) is 3.48. The van der Waals surface area contributed by atoms with Crippen LogP contribution in [-0.2, 0) is 13.7 Å². The van der Waals surface area contributed by atoms with Crippen molar-refractivity contribution in [2.24, 2.45) is 12.0 Å². The van der Waals surface area contributed by atoms with Crippen LogP contribution < -0.4 is 15.0 Å². The quantitative estimate of drug-likeness (QED) is 0.172. The van der Waals surface area contributed by atoms with Gasteiger partial charge >= 0.3 is 0 Å². The van der Waals surface area contributed by atoms with E-state index in [1.807, 2.05) is 92.3 Å². The molecule has 0 aliphatic rings. The molecule has 4 rings (SSSR count). The summed E-state index contributed by atoms with van der Waals surface area (Å²) in [5, 5.41) is 0.656. The fourth-order valence-electron chi connectivity index (χ4n) is 3.67. The molecule has 0 aliphatic carbocycles. The third-order valence-electron chi connectivity index (χ3n) is 5.53. The molecule has 3 aromatic carbocycles. The zero-order valence-corrected chi connectivity index (χ0v) is 22.6. The lowest BCUT2D eigenvalue weighted by Gasteiger charge is -2.15. The molecule has 0 saturated heterocycles. The van der Waals surface area contributed by atoms with E-state index in [0.717, 1.165) is 26.1 Å². The topological polar surface area (TPSA) is 57.8 Å². The van der Waals surface area contributed by atoms with Crippen LogP contribution in [0.25, 0.3) is 5.69 Å². The highest BCUT2D eigenvalue weighted by atomic mass is 127. The first-order valence-electron chi connectivity index (χ1n) is 11.1. The maximum Gasteiger partial charge on any atom is 0.297 e. The summed E-state index contributed by atoms with van der Waals surface area (Å²) in [6.07, 6.45) is 1.68. The maximum absolute atomic E-state index is 13.1. The van der Waals surface area contributed by atoms with Crippen molar-refractivity contribution in [1.82, 2.24) is 9.36 Å². The lowest BCUT2D eigenvalue weighted by atomic mass is 10.2. The van der Waals surface area contributed by atoms with Gasteiger partial charge in [0, 0.05) is 23.8 Å². The van der Waals surface area contributed by atoms with Gasteiger partial charge in [0.25, 0.3) is 5.56 Å². The lowest BCUT2D eigenvalue weighted by Crippen LogP contribution is -2.19. The Morgan fingerprint density at radius 2 is 1.77 bits per heavy atom. The number of aromatic nitrogens is 2. The summed E-state index contributed by atoms with van der Waals surface area (Å²) in [6.45, 7) is 4.61. The van der Waals surface area contributed by atoms with Crippen molar-refractivity contribution in [2.75, 3.05) is 6.61 Å². The first-order chi connectivity index (χ1) is 16.9. The summed E-state index contributed by atoms with van der Waals surface area (Å²) in [6, 6.07) is 20.9. The first-order valence-corrected chi connectivity index (χ1v) is 12.6. The van der Waals surface area contributed by atoms with Crippen LogP contribution in [0.15, 0.2) is 76.5 Å². The Kier molecular flexibility index (Phi) is 7.97. The average molecular weight is 602 g/mol. The second-order valence-corrected chi connectivity index (χ2v) is 9.38. The highest BCUT2D eigenvalue weighted by Gasteiger charge is 2.16. The van der Waals surface area contributed by atoms with E-state index < -0.39 is 0 Å². The van der Waals surface area contributed by atoms with E-state index in [4.69, 9.17) is 21.1 Å². The van der Waals surface area contributed by atoms with Crippen LogP contribution in [0.2, 0.25) is 5.02 Å². The predicted octanol–water partition coefficient (Wildman–Crippen LogP) is 6.47. The lowest BCUT2D eigenvalue weighted by molar-refractivity contribution is 0.267. The van der Waals surface area contributed by atoms with Gasteiger partial charge in [0.15, 0.2) is 17.2 Å². The number of hydrogen-bond donors (Lipinski definition) is 0. The molecule has 0 radical (unpaired) electrons. The first kappa shape index (κ1) is 25.1.